The molecule has 0 spiro atoms. The lowest BCUT2D eigenvalue weighted by Gasteiger charge is -2.29. The average Bonchev–Trinajstić information content (AvgIpc) is 2.77. The Kier molecular flexibility index (Phi) is 2.39. The van der Waals surface area contributed by atoms with E-state index in [2.05, 4.69) is 25.7 Å². The van der Waals surface area contributed by atoms with Crippen LogP contribution in [0.2, 0.25) is 0 Å². The van der Waals surface area contributed by atoms with Gasteiger partial charge in [0.2, 0.25) is 0 Å². The van der Waals surface area contributed by atoms with Crippen LogP contribution in [0.4, 0.5) is 0 Å². The van der Waals surface area contributed by atoms with Crippen molar-refractivity contribution in [2.75, 3.05) is 13.1 Å². The third-order valence-corrected chi connectivity index (χ3v) is 3.52. The van der Waals surface area contributed by atoms with Crippen LogP contribution in [-0.2, 0) is 0 Å². The fourth-order valence-electron chi connectivity index (χ4n) is 2.47. The van der Waals surface area contributed by atoms with Crippen LogP contribution in [0.1, 0.15) is 46.5 Å². The van der Waals surface area contributed by atoms with Crippen LogP contribution in [0, 0.1) is 11.3 Å². The molecule has 76 valence electrons. The van der Waals surface area contributed by atoms with Gasteiger partial charge in [0.25, 0.3) is 0 Å². The monoisotopic (exact) mass is 181 g/mol. The van der Waals surface area contributed by atoms with E-state index in [9.17, 15) is 0 Å². The van der Waals surface area contributed by atoms with Gasteiger partial charge >= 0.3 is 0 Å². The SMILES string of the molecule is CC(C)(C)CCN1CCC[C@@H]2C[C@@H]21. The zero-order chi connectivity index (χ0) is 9.47. The van der Waals surface area contributed by atoms with Crippen molar-refractivity contribution in [2.45, 2.75) is 52.5 Å². The molecule has 1 saturated carbocycles. The largest absolute Gasteiger partial charge is 0.300 e. The van der Waals surface area contributed by atoms with Gasteiger partial charge < -0.3 is 4.90 Å². The van der Waals surface area contributed by atoms with Gasteiger partial charge in [-0.25, -0.2) is 0 Å². The summed E-state index contributed by atoms with van der Waals surface area (Å²) < 4.78 is 0. The zero-order valence-corrected chi connectivity index (χ0v) is 9.34. The highest BCUT2D eigenvalue weighted by atomic mass is 15.2. The molecule has 0 bridgehead atoms. The predicted molar refractivity (Wildman–Crippen MR) is 56.8 cm³/mol. The van der Waals surface area contributed by atoms with Gasteiger partial charge in [-0.15, -0.1) is 0 Å². The highest BCUT2D eigenvalue weighted by Gasteiger charge is 2.43. The van der Waals surface area contributed by atoms with Crippen LogP contribution >= 0.6 is 0 Å². The first-order valence-corrected chi connectivity index (χ1v) is 5.80. The maximum absolute atomic E-state index is 2.74. The quantitative estimate of drug-likeness (QED) is 0.633. The first-order valence-electron chi connectivity index (χ1n) is 5.80. The van der Waals surface area contributed by atoms with Crippen molar-refractivity contribution in [3.05, 3.63) is 0 Å². The number of hydrogen-bond acceptors (Lipinski definition) is 1. The molecule has 2 aliphatic rings. The minimum absolute atomic E-state index is 0.516. The zero-order valence-electron chi connectivity index (χ0n) is 9.34. The van der Waals surface area contributed by atoms with E-state index in [1.807, 2.05) is 0 Å². The second-order valence-electron chi connectivity index (χ2n) is 6.05. The van der Waals surface area contributed by atoms with Gasteiger partial charge in [-0.05, 0) is 50.1 Å². The number of nitrogens with zero attached hydrogens (tertiary/aromatic N) is 1. The summed E-state index contributed by atoms with van der Waals surface area (Å²) >= 11 is 0. The minimum Gasteiger partial charge on any atom is -0.300 e. The van der Waals surface area contributed by atoms with Gasteiger partial charge in [-0.2, -0.15) is 0 Å². The van der Waals surface area contributed by atoms with Crippen LogP contribution in [0.5, 0.6) is 0 Å². The van der Waals surface area contributed by atoms with E-state index in [-0.39, 0.29) is 0 Å². The molecule has 2 atom stereocenters. The summed E-state index contributed by atoms with van der Waals surface area (Å²) in [5, 5.41) is 0. The number of fused-ring (bicyclic) bond motifs is 1. The molecule has 1 heteroatoms. The van der Waals surface area contributed by atoms with Crippen LogP contribution in [0.25, 0.3) is 0 Å². The highest BCUT2D eigenvalue weighted by Crippen LogP contribution is 2.43. The molecule has 1 aliphatic heterocycles. The maximum atomic E-state index is 2.74. The number of piperidine rings is 1. The van der Waals surface area contributed by atoms with Crippen LogP contribution < -0.4 is 0 Å². The Morgan fingerprint density at radius 1 is 1.31 bits per heavy atom. The molecule has 1 nitrogen and oxygen atoms in total. The topological polar surface area (TPSA) is 3.24 Å². The molecule has 1 aliphatic carbocycles. The molecule has 0 radical (unpaired) electrons. The minimum atomic E-state index is 0.516. The summed E-state index contributed by atoms with van der Waals surface area (Å²) in [4.78, 5) is 2.74. The standard InChI is InChI=1S/C12H23N/c1-12(2,3)6-8-13-7-4-5-10-9-11(10)13/h10-11H,4-9H2,1-3H3/t10-,11+/m1/s1. The molecule has 13 heavy (non-hydrogen) atoms. The Hall–Kier alpha value is -0.0400. The van der Waals surface area contributed by atoms with Crippen molar-refractivity contribution >= 4 is 0 Å². The third kappa shape index (κ3) is 2.46. The fraction of sp³-hybridized carbons (Fsp3) is 1.00. The Bertz CT molecular complexity index is 180. The third-order valence-electron chi connectivity index (χ3n) is 3.52. The second-order valence-corrected chi connectivity index (χ2v) is 6.05. The Morgan fingerprint density at radius 3 is 2.77 bits per heavy atom. The van der Waals surface area contributed by atoms with Crippen molar-refractivity contribution in [3.8, 4) is 0 Å². The van der Waals surface area contributed by atoms with Crippen LogP contribution in [0.15, 0.2) is 0 Å². The Morgan fingerprint density at radius 2 is 2.08 bits per heavy atom. The summed E-state index contributed by atoms with van der Waals surface area (Å²) in [6.45, 7) is 9.76. The Balaban J connectivity index is 1.75. The van der Waals surface area contributed by atoms with Gasteiger partial charge in [0, 0.05) is 6.04 Å². The van der Waals surface area contributed by atoms with E-state index in [1.165, 1.54) is 38.8 Å². The van der Waals surface area contributed by atoms with Gasteiger partial charge in [-0.1, -0.05) is 20.8 Å². The molecule has 2 rings (SSSR count). The summed E-state index contributed by atoms with van der Waals surface area (Å²) in [7, 11) is 0. The molecule has 1 heterocycles. The molecule has 0 amide bonds. The van der Waals surface area contributed by atoms with Crippen molar-refractivity contribution in [2.24, 2.45) is 11.3 Å². The van der Waals surface area contributed by atoms with E-state index in [0.29, 0.717) is 5.41 Å². The van der Waals surface area contributed by atoms with Crippen LogP contribution in [-0.4, -0.2) is 24.0 Å². The molecule has 0 aromatic heterocycles. The molecule has 1 saturated heterocycles. The van der Waals surface area contributed by atoms with Gasteiger partial charge in [0.05, 0.1) is 0 Å². The molecule has 2 fully saturated rings. The van der Waals surface area contributed by atoms with Crippen LogP contribution in [0.3, 0.4) is 0 Å². The van der Waals surface area contributed by atoms with Gasteiger partial charge in [0.15, 0.2) is 0 Å². The van der Waals surface area contributed by atoms with Crippen molar-refractivity contribution in [3.63, 3.8) is 0 Å². The Labute approximate surface area is 82.5 Å². The number of likely N-dealkylation sites (tertiary alicyclic amines) is 1. The van der Waals surface area contributed by atoms with E-state index in [1.54, 1.807) is 0 Å². The van der Waals surface area contributed by atoms with E-state index in [0.717, 1.165) is 12.0 Å². The number of hydrogen-bond donors (Lipinski definition) is 0. The lowest BCUT2D eigenvalue weighted by molar-refractivity contribution is 0.185. The van der Waals surface area contributed by atoms with E-state index < -0.39 is 0 Å². The predicted octanol–water partition coefficient (Wildman–Crippen LogP) is 2.91. The first-order chi connectivity index (χ1) is 6.06. The van der Waals surface area contributed by atoms with E-state index in [4.69, 9.17) is 0 Å². The summed E-state index contributed by atoms with van der Waals surface area (Å²) in [5.41, 5.74) is 0.516. The first kappa shape index (κ1) is 9.51. The fourth-order valence-corrected chi connectivity index (χ4v) is 2.47. The lowest BCUT2D eigenvalue weighted by atomic mass is 9.92. The molecule has 0 aromatic rings. The normalized spacial score (nSPS) is 34.4. The van der Waals surface area contributed by atoms with Crippen molar-refractivity contribution in [1.29, 1.82) is 0 Å². The van der Waals surface area contributed by atoms with Crippen molar-refractivity contribution in [1.82, 2.24) is 4.90 Å². The maximum Gasteiger partial charge on any atom is 0.0127 e. The average molecular weight is 181 g/mol. The number of rotatable bonds is 2. The molecular weight excluding hydrogens is 158 g/mol. The molecule has 0 unspecified atom stereocenters. The van der Waals surface area contributed by atoms with E-state index >= 15 is 0 Å². The summed E-state index contributed by atoms with van der Waals surface area (Å²) in [6, 6.07) is 0.996. The van der Waals surface area contributed by atoms with Gasteiger partial charge in [-0.3, -0.25) is 0 Å². The lowest BCUT2D eigenvalue weighted by Crippen LogP contribution is -2.34. The van der Waals surface area contributed by atoms with Gasteiger partial charge in [0.1, 0.15) is 0 Å². The smallest absolute Gasteiger partial charge is 0.0127 e. The van der Waals surface area contributed by atoms with Crippen molar-refractivity contribution < 1.29 is 0 Å². The second kappa shape index (κ2) is 3.27. The highest BCUT2D eigenvalue weighted by molar-refractivity contribution is 4.98. The summed E-state index contributed by atoms with van der Waals surface area (Å²) in [6.07, 6.45) is 5.82. The molecular formula is C12H23N. The molecule has 0 aromatic carbocycles. The molecule has 0 N–H and O–H groups in total. The summed E-state index contributed by atoms with van der Waals surface area (Å²) in [5.74, 6) is 1.09.